The molecule has 0 spiro atoms. The van der Waals surface area contributed by atoms with Crippen LogP contribution in [0.1, 0.15) is 43.7 Å². The third-order valence-corrected chi connectivity index (χ3v) is 9.69. The van der Waals surface area contributed by atoms with Crippen molar-refractivity contribution in [2.24, 2.45) is 0 Å². The van der Waals surface area contributed by atoms with E-state index in [1.807, 2.05) is 24.3 Å². The molecule has 1 aliphatic carbocycles. The van der Waals surface area contributed by atoms with Gasteiger partial charge in [-0.15, -0.1) is 0 Å². The number of rotatable bonds is 14. The van der Waals surface area contributed by atoms with Gasteiger partial charge in [-0.2, -0.15) is 4.39 Å². The first-order valence-electron chi connectivity index (χ1n) is 14.5. The molecule has 1 aliphatic rings. The molecular weight excluding hydrogens is 539 g/mol. The molecule has 2 heterocycles. The molecule has 0 unspecified atom stereocenters. The van der Waals surface area contributed by atoms with Crippen LogP contribution < -0.4 is 0 Å². The van der Waals surface area contributed by atoms with Gasteiger partial charge in [-0.3, -0.25) is 9.80 Å². The van der Waals surface area contributed by atoms with Crippen LogP contribution in [0, 0.1) is 5.95 Å². The van der Waals surface area contributed by atoms with Crippen molar-refractivity contribution in [3.05, 3.63) is 96.2 Å². The highest BCUT2D eigenvalue weighted by Gasteiger charge is 2.23. The lowest BCUT2D eigenvalue weighted by Crippen LogP contribution is -2.36. The summed E-state index contributed by atoms with van der Waals surface area (Å²) in [6.45, 7) is 6.60. The van der Waals surface area contributed by atoms with Crippen LogP contribution in [0.15, 0.2) is 84.0 Å². The molecule has 1 fully saturated rings. The molecule has 9 heteroatoms. The second kappa shape index (κ2) is 13.7. The molecule has 2 aromatic heterocycles. The number of hydrogen-bond acceptors (Lipinski definition) is 6. The van der Waals surface area contributed by atoms with E-state index in [4.69, 9.17) is 4.74 Å². The second-order valence-corrected chi connectivity index (χ2v) is 12.4. The van der Waals surface area contributed by atoms with Crippen molar-refractivity contribution in [1.29, 1.82) is 0 Å². The molecule has 0 aliphatic heterocycles. The number of pyridine rings is 1. The summed E-state index contributed by atoms with van der Waals surface area (Å²) in [5.41, 5.74) is 1.95. The fourth-order valence-corrected chi connectivity index (χ4v) is 7.24. The van der Waals surface area contributed by atoms with Gasteiger partial charge in [0.25, 0.3) is 10.0 Å². The summed E-state index contributed by atoms with van der Waals surface area (Å²) in [4.78, 5) is 8.66. The van der Waals surface area contributed by atoms with Crippen molar-refractivity contribution in [3.63, 3.8) is 0 Å². The summed E-state index contributed by atoms with van der Waals surface area (Å²) in [5.74, 6) is -0.498. The minimum atomic E-state index is -3.79. The molecule has 0 bridgehead atoms. The Kier molecular flexibility index (Phi) is 9.82. The van der Waals surface area contributed by atoms with Gasteiger partial charge in [0.2, 0.25) is 5.95 Å². The van der Waals surface area contributed by atoms with Crippen molar-refractivity contribution in [3.8, 4) is 0 Å². The van der Waals surface area contributed by atoms with E-state index in [9.17, 15) is 12.8 Å². The Balaban J connectivity index is 1.33. The van der Waals surface area contributed by atoms with Crippen molar-refractivity contribution >= 4 is 20.9 Å². The Hall–Kier alpha value is -3.11. The highest BCUT2D eigenvalue weighted by Crippen LogP contribution is 2.28. The predicted octanol–water partition coefficient (Wildman–Crippen LogP) is 5.70. The van der Waals surface area contributed by atoms with E-state index in [0.717, 1.165) is 24.0 Å². The maximum atomic E-state index is 14.6. The van der Waals surface area contributed by atoms with Crippen LogP contribution in [-0.2, 0) is 27.8 Å². The summed E-state index contributed by atoms with van der Waals surface area (Å²) >= 11 is 0. The van der Waals surface area contributed by atoms with Gasteiger partial charge in [-0.05, 0) is 49.2 Å². The van der Waals surface area contributed by atoms with Gasteiger partial charge in [0.1, 0.15) is 0 Å². The predicted molar refractivity (Wildman–Crippen MR) is 160 cm³/mol. The summed E-state index contributed by atoms with van der Waals surface area (Å²) < 4.78 is 49.1. The van der Waals surface area contributed by atoms with Gasteiger partial charge in [0.15, 0.2) is 0 Å². The number of ether oxygens (including phenoxy) is 1. The first kappa shape index (κ1) is 29.4. The quantitative estimate of drug-likeness (QED) is 0.141. The van der Waals surface area contributed by atoms with E-state index >= 15 is 0 Å². The number of fused-ring (bicyclic) bond motifs is 1. The zero-order valence-electron chi connectivity index (χ0n) is 23.7. The van der Waals surface area contributed by atoms with Crippen LogP contribution in [0.5, 0.6) is 0 Å². The first-order chi connectivity index (χ1) is 20.0. The van der Waals surface area contributed by atoms with E-state index in [2.05, 4.69) is 21.7 Å². The third kappa shape index (κ3) is 7.04. The average Bonchev–Trinajstić information content (AvgIpc) is 3.66. The zero-order valence-corrected chi connectivity index (χ0v) is 24.5. The minimum absolute atomic E-state index is 0.230. The summed E-state index contributed by atoms with van der Waals surface area (Å²) in [5, 5.41) is 0.847. The molecule has 0 N–H and O–H groups in total. The standard InChI is InChI=1S/C32H39FN4O3S/c1-2-36(28-12-6-7-13-28)20-22-40-21-19-35(23-26-11-10-18-34-32(26)33)24-27-25-37(31-17-9-8-16-30(27)31)41(38,39)29-14-4-3-5-15-29/h3-5,8-11,14-18,25,28H,2,6-7,12-13,19-24H2,1H3. The van der Waals surface area contributed by atoms with E-state index in [1.54, 1.807) is 48.7 Å². The monoisotopic (exact) mass is 578 g/mol. The smallest absolute Gasteiger partial charge is 0.268 e. The van der Waals surface area contributed by atoms with Crippen LogP contribution in [0.2, 0.25) is 0 Å². The largest absolute Gasteiger partial charge is 0.379 e. The molecule has 0 atom stereocenters. The Bertz CT molecular complexity index is 1520. The Morgan fingerprint density at radius 1 is 0.927 bits per heavy atom. The lowest BCUT2D eigenvalue weighted by atomic mass is 10.1. The van der Waals surface area contributed by atoms with Gasteiger partial charge >= 0.3 is 0 Å². The number of nitrogens with zero attached hydrogens (tertiary/aromatic N) is 4. The highest BCUT2D eigenvalue weighted by atomic mass is 32.2. The minimum Gasteiger partial charge on any atom is -0.379 e. The lowest BCUT2D eigenvalue weighted by Gasteiger charge is -2.27. The Morgan fingerprint density at radius 3 is 2.39 bits per heavy atom. The summed E-state index contributed by atoms with van der Waals surface area (Å²) in [6.07, 6.45) is 8.30. The fraction of sp³-hybridized carbons (Fsp3) is 0.406. The SMILES string of the molecule is CCN(CCOCCN(Cc1cccnc1F)Cc1cn(S(=O)(=O)c2ccccc2)c2ccccc12)C1CCCC1. The maximum absolute atomic E-state index is 14.6. The fourth-order valence-electron chi connectivity index (χ4n) is 5.83. The van der Waals surface area contributed by atoms with Crippen LogP contribution in [0.3, 0.4) is 0 Å². The zero-order chi connectivity index (χ0) is 28.7. The normalized spacial score (nSPS) is 14.5. The van der Waals surface area contributed by atoms with E-state index < -0.39 is 16.0 Å². The molecule has 41 heavy (non-hydrogen) atoms. The Morgan fingerprint density at radius 2 is 1.63 bits per heavy atom. The summed E-state index contributed by atoms with van der Waals surface area (Å²) in [6, 6.07) is 20.1. The van der Waals surface area contributed by atoms with Gasteiger partial charge in [-0.25, -0.2) is 17.4 Å². The lowest BCUT2D eigenvalue weighted by molar-refractivity contribution is 0.0699. The number of aromatic nitrogens is 2. The van der Waals surface area contributed by atoms with E-state index in [-0.39, 0.29) is 4.90 Å². The number of hydrogen-bond donors (Lipinski definition) is 0. The van der Waals surface area contributed by atoms with E-state index in [0.29, 0.717) is 50.0 Å². The molecule has 2 aromatic carbocycles. The number of likely N-dealkylation sites (N-methyl/N-ethyl adjacent to an activating group) is 1. The van der Waals surface area contributed by atoms with Gasteiger partial charge in [-0.1, -0.05) is 62.2 Å². The van der Waals surface area contributed by atoms with Crippen molar-refractivity contribution in [2.45, 2.75) is 56.6 Å². The number of benzene rings is 2. The maximum Gasteiger partial charge on any atom is 0.268 e. The van der Waals surface area contributed by atoms with Crippen LogP contribution in [-0.4, -0.2) is 66.1 Å². The highest BCUT2D eigenvalue weighted by molar-refractivity contribution is 7.90. The molecule has 5 rings (SSSR count). The van der Waals surface area contributed by atoms with Crippen LogP contribution in [0.25, 0.3) is 10.9 Å². The molecular formula is C32H39FN4O3S. The van der Waals surface area contributed by atoms with Gasteiger partial charge in [0, 0.05) is 55.6 Å². The molecule has 0 saturated heterocycles. The van der Waals surface area contributed by atoms with Crippen LogP contribution in [0.4, 0.5) is 4.39 Å². The van der Waals surface area contributed by atoms with Crippen molar-refractivity contribution < 1.29 is 17.5 Å². The number of halogens is 1. The second-order valence-electron chi connectivity index (χ2n) is 10.6. The molecule has 0 amide bonds. The molecule has 0 radical (unpaired) electrons. The Labute approximate surface area is 242 Å². The summed E-state index contributed by atoms with van der Waals surface area (Å²) in [7, 11) is -3.79. The molecule has 7 nitrogen and oxygen atoms in total. The molecule has 218 valence electrons. The van der Waals surface area contributed by atoms with Crippen molar-refractivity contribution in [2.75, 3.05) is 32.8 Å². The number of para-hydroxylation sites is 1. The first-order valence-corrected chi connectivity index (χ1v) is 15.9. The average molecular weight is 579 g/mol. The molecule has 4 aromatic rings. The van der Waals surface area contributed by atoms with Crippen LogP contribution >= 0.6 is 0 Å². The third-order valence-electron chi connectivity index (χ3n) is 8.01. The van der Waals surface area contributed by atoms with Gasteiger partial charge in [0.05, 0.1) is 23.6 Å². The molecule has 1 saturated carbocycles. The topological polar surface area (TPSA) is 67.7 Å². The van der Waals surface area contributed by atoms with E-state index in [1.165, 1.54) is 35.9 Å². The van der Waals surface area contributed by atoms with Gasteiger partial charge < -0.3 is 4.74 Å². The van der Waals surface area contributed by atoms with Crippen molar-refractivity contribution in [1.82, 2.24) is 18.8 Å².